The number of aromatic nitrogens is 1. The normalized spacial score (nSPS) is 12.4. The molecule has 1 heterocycles. The van der Waals surface area contributed by atoms with E-state index in [0.717, 1.165) is 16.5 Å². The number of hydrogen-bond acceptors (Lipinski definition) is 3. The van der Waals surface area contributed by atoms with Gasteiger partial charge in [0.15, 0.2) is 0 Å². The summed E-state index contributed by atoms with van der Waals surface area (Å²) in [5.41, 5.74) is 1.62. The summed E-state index contributed by atoms with van der Waals surface area (Å²) in [5, 5.41) is 1.31. The van der Waals surface area contributed by atoms with Crippen molar-refractivity contribution < 1.29 is 9.53 Å². The number of para-hydroxylation sites is 1. The molecule has 4 heteroatoms. The van der Waals surface area contributed by atoms with Crippen LogP contribution in [-0.4, -0.2) is 18.1 Å². The molecule has 0 saturated heterocycles. The van der Waals surface area contributed by atoms with E-state index in [-0.39, 0.29) is 11.9 Å². The topological polar surface area (TPSA) is 39.2 Å². The SMILES string of the molecule is COC(=O)C(C)c1cc(Cl)nc2ccccc12. The summed E-state index contributed by atoms with van der Waals surface area (Å²) in [7, 11) is 1.38. The quantitative estimate of drug-likeness (QED) is 0.606. The lowest BCUT2D eigenvalue weighted by atomic mass is 9.97. The predicted molar refractivity (Wildman–Crippen MR) is 67.2 cm³/mol. The van der Waals surface area contributed by atoms with Gasteiger partial charge >= 0.3 is 5.97 Å². The molecule has 1 aromatic carbocycles. The first-order valence-electron chi connectivity index (χ1n) is 5.26. The van der Waals surface area contributed by atoms with Gasteiger partial charge in [0.1, 0.15) is 5.15 Å². The van der Waals surface area contributed by atoms with Crippen LogP contribution in [0.5, 0.6) is 0 Å². The third kappa shape index (κ3) is 2.24. The maximum atomic E-state index is 11.6. The third-order valence-electron chi connectivity index (χ3n) is 2.74. The summed E-state index contributed by atoms with van der Waals surface area (Å²) in [6, 6.07) is 9.30. The second-order valence-electron chi connectivity index (χ2n) is 3.80. The van der Waals surface area contributed by atoms with Gasteiger partial charge in [-0.3, -0.25) is 4.79 Å². The number of rotatable bonds is 2. The Morgan fingerprint density at radius 3 is 2.82 bits per heavy atom. The van der Waals surface area contributed by atoms with E-state index in [0.29, 0.717) is 5.15 Å². The van der Waals surface area contributed by atoms with Gasteiger partial charge in [0.05, 0.1) is 18.5 Å². The third-order valence-corrected chi connectivity index (χ3v) is 2.93. The zero-order valence-electron chi connectivity index (χ0n) is 9.61. The maximum Gasteiger partial charge on any atom is 0.312 e. The van der Waals surface area contributed by atoms with E-state index in [1.807, 2.05) is 24.3 Å². The number of benzene rings is 1. The number of carbonyl (C=O) groups excluding carboxylic acids is 1. The molecule has 0 radical (unpaired) electrons. The van der Waals surface area contributed by atoms with Crippen molar-refractivity contribution >= 4 is 28.5 Å². The largest absolute Gasteiger partial charge is 0.469 e. The number of pyridine rings is 1. The van der Waals surface area contributed by atoms with Gasteiger partial charge in [0.2, 0.25) is 0 Å². The molecule has 88 valence electrons. The summed E-state index contributed by atoms with van der Waals surface area (Å²) < 4.78 is 4.75. The molecule has 2 aromatic rings. The zero-order valence-corrected chi connectivity index (χ0v) is 10.4. The summed E-state index contributed by atoms with van der Waals surface area (Å²) >= 11 is 5.95. The molecule has 0 N–H and O–H groups in total. The Bertz CT molecular complexity index is 568. The van der Waals surface area contributed by atoms with Gasteiger partial charge in [-0.1, -0.05) is 29.8 Å². The van der Waals surface area contributed by atoms with Crippen LogP contribution < -0.4 is 0 Å². The minimum atomic E-state index is -0.356. The van der Waals surface area contributed by atoms with E-state index in [2.05, 4.69) is 4.98 Å². The molecule has 1 atom stereocenters. The zero-order chi connectivity index (χ0) is 12.4. The molecule has 1 unspecified atom stereocenters. The monoisotopic (exact) mass is 249 g/mol. The molecule has 0 fully saturated rings. The van der Waals surface area contributed by atoms with Crippen molar-refractivity contribution in [3.63, 3.8) is 0 Å². The van der Waals surface area contributed by atoms with Crippen LogP contribution in [0.2, 0.25) is 5.15 Å². The molecule has 2 rings (SSSR count). The van der Waals surface area contributed by atoms with Gasteiger partial charge in [0, 0.05) is 5.39 Å². The standard InChI is InChI=1S/C13H12ClNO2/c1-8(13(16)17-2)10-7-12(14)15-11-6-4-3-5-9(10)11/h3-8H,1-2H3. The first kappa shape index (κ1) is 11.9. The van der Waals surface area contributed by atoms with E-state index in [1.54, 1.807) is 13.0 Å². The van der Waals surface area contributed by atoms with Crippen LogP contribution in [0.15, 0.2) is 30.3 Å². The van der Waals surface area contributed by atoms with Crippen LogP contribution in [0.3, 0.4) is 0 Å². The molecule has 1 aromatic heterocycles. The Labute approximate surface area is 104 Å². The van der Waals surface area contributed by atoms with Crippen molar-refractivity contribution in [1.29, 1.82) is 0 Å². The number of esters is 1. The summed E-state index contributed by atoms with van der Waals surface area (Å²) in [5.74, 6) is -0.636. The minimum Gasteiger partial charge on any atom is -0.469 e. The molecule has 3 nitrogen and oxygen atoms in total. The van der Waals surface area contributed by atoms with Gasteiger partial charge in [-0.25, -0.2) is 4.98 Å². The fraction of sp³-hybridized carbons (Fsp3) is 0.231. The second-order valence-corrected chi connectivity index (χ2v) is 4.18. The molecule has 0 aliphatic rings. The van der Waals surface area contributed by atoms with Gasteiger partial charge in [-0.2, -0.15) is 0 Å². The molecule has 0 saturated carbocycles. The molecule has 0 aliphatic heterocycles. The maximum absolute atomic E-state index is 11.6. The van der Waals surface area contributed by atoms with E-state index in [1.165, 1.54) is 7.11 Å². The predicted octanol–water partition coefficient (Wildman–Crippen LogP) is 3.16. The van der Waals surface area contributed by atoms with Gasteiger partial charge < -0.3 is 4.74 Å². The van der Waals surface area contributed by atoms with Crippen molar-refractivity contribution in [3.8, 4) is 0 Å². The van der Waals surface area contributed by atoms with Crippen molar-refractivity contribution in [1.82, 2.24) is 4.98 Å². The number of nitrogens with zero attached hydrogens (tertiary/aromatic N) is 1. The van der Waals surface area contributed by atoms with Crippen LogP contribution >= 0.6 is 11.6 Å². The number of carbonyl (C=O) groups is 1. The Morgan fingerprint density at radius 1 is 1.41 bits per heavy atom. The lowest BCUT2D eigenvalue weighted by Gasteiger charge is -2.12. The lowest BCUT2D eigenvalue weighted by Crippen LogP contribution is -2.11. The number of halogens is 1. The number of fused-ring (bicyclic) bond motifs is 1. The highest BCUT2D eigenvalue weighted by Gasteiger charge is 2.19. The Morgan fingerprint density at radius 2 is 2.12 bits per heavy atom. The second kappa shape index (κ2) is 4.72. The molecular weight excluding hydrogens is 238 g/mol. The number of hydrogen-bond donors (Lipinski definition) is 0. The highest BCUT2D eigenvalue weighted by Crippen LogP contribution is 2.27. The van der Waals surface area contributed by atoms with E-state index in [4.69, 9.17) is 16.3 Å². The molecule has 0 bridgehead atoms. The Hall–Kier alpha value is -1.61. The fourth-order valence-electron chi connectivity index (χ4n) is 1.83. The molecule has 0 amide bonds. The first-order chi connectivity index (χ1) is 8.13. The molecule has 0 aliphatic carbocycles. The fourth-order valence-corrected chi connectivity index (χ4v) is 2.04. The average Bonchev–Trinajstić information content (AvgIpc) is 2.35. The smallest absolute Gasteiger partial charge is 0.312 e. The van der Waals surface area contributed by atoms with Crippen molar-refractivity contribution in [2.45, 2.75) is 12.8 Å². The van der Waals surface area contributed by atoms with Crippen LogP contribution in [0, 0.1) is 0 Å². The summed E-state index contributed by atoms with van der Waals surface area (Å²) in [4.78, 5) is 15.8. The van der Waals surface area contributed by atoms with Gasteiger partial charge in [-0.05, 0) is 24.6 Å². The molecular formula is C13H12ClNO2. The lowest BCUT2D eigenvalue weighted by molar-refractivity contribution is -0.141. The first-order valence-corrected chi connectivity index (χ1v) is 5.64. The van der Waals surface area contributed by atoms with Crippen molar-refractivity contribution in [2.24, 2.45) is 0 Å². The highest BCUT2D eigenvalue weighted by atomic mass is 35.5. The van der Waals surface area contributed by atoms with Crippen LogP contribution in [0.4, 0.5) is 0 Å². The number of methoxy groups -OCH3 is 1. The van der Waals surface area contributed by atoms with Crippen LogP contribution in [0.25, 0.3) is 10.9 Å². The number of ether oxygens (including phenoxy) is 1. The van der Waals surface area contributed by atoms with Gasteiger partial charge in [-0.15, -0.1) is 0 Å². The van der Waals surface area contributed by atoms with Crippen molar-refractivity contribution in [3.05, 3.63) is 41.0 Å². The summed E-state index contributed by atoms with van der Waals surface area (Å²) in [6.07, 6.45) is 0. The summed E-state index contributed by atoms with van der Waals surface area (Å²) in [6.45, 7) is 1.80. The van der Waals surface area contributed by atoms with Gasteiger partial charge in [0.25, 0.3) is 0 Å². The van der Waals surface area contributed by atoms with Crippen molar-refractivity contribution in [2.75, 3.05) is 7.11 Å². The molecule has 17 heavy (non-hydrogen) atoms. The van der Waals surface area contributed by atoms with E-state index < -0.39 is 0 Å². The van der Waals surface area contributed by atoms with E-state index >= 15 is 0 Å². The van der Waals surface area contributed by atoms with Crippen LogP contribution in [-0.2, 0) is 9.53 Å². The Kier molecular flexibility index (Phi) is 3.29. The van der Waals surface area contributed by atoms with Crippen LogP contribution in [0.1, 0.15) is 18.4 Å². The minimum absolute atomic E-state index is 0.280. The average molecular weight is 250 g/mol. The van der Waals surface area contributed by atoms with E-state index in [9.17, 15) is 4.79 Å². The highest BCUT2D eigenvalue weighted by molar-refractivity contribution is 6.30. The molecule has 0 spiro atoms. The Balaban J connectivity index is 2.63.